The molecule has 0 fully saturated rings. The summed E-state index contributed by atoms with van der Waals surface area (Å²) < 4.78 is 5.72. The third-order valence-corrected chi connectivity index (χ3v) is 2.92. The van der Waals surface area contributed by atoms with Crippen LogP contribution in [0.2, 0.25) is 0 Å². The Hall–Kier alpha value is -1.02. The van der Waals surface area contributed by atoms with Crippen molar-refractivity contribution in [3.63, 3.8) is 0 Å². The quantitative estimate of drug-likeness (QED) is 0.757. The molecule has 0 saturated heterocycles. The highest BCUT2D eigenvalue weighted by Crippen LogP contribution is 2.18. The van der Waals surface area contributed by atoms with Gasteiger partial charge in [-0.15, -0.1) is 0 Å². The van der Waals surface area contributed by atoms with E-state index in [1.54, 1.807) is 0 Å². The van der Waals surface area contributed by atoms with E-state index < -0.39 is 0 Å². The molecule has 0 unspecified atom stereocenters. The van der Waals surface area contributed by atoms with Crippen molar-refractivity contribution in [3.8, 4) is 5.75 Å². The van der Waals surface area contributed by atoms with Crippen LogP contribution in [0.3, 0.4) is 0 Å². The second-order valence-electron chi connectivity index (χ2n) is 4.85. The summed E-state index contributed by atoms with van der Waals surface area (Å²) in [5.74, 6) is 1.54. The van der Waals surface area contributed by atoms with E-state index >= 15 is 0 Å². The average molecular weight is 221 g/mol. The molecule has 0 aliphatic rings. The monoisotopic (exact) mass is 221 g/mol. The van der Waals surface area contributed by atoms with Crippen molar-refractivity contribution in [1.29, 1.82) is 0 Å². The summed E-state index contributed by atoms with van der Waals surface area (Å²) >= 11 is 0. The normalized spacial score (nSPS) is 13.2. The van der Waals surface area contributed by atoms with Crippen LogP contribution in [-0.4, -0.2) is 31.6 Å². The van der Waals surface area contributed by atoms with Gasteiger partial charge < -0.3 is 9.64 Å². The molecule has 1 rings (SSSR count). The minimum atomic E-state index is 0.435. The Morgan fingerprint density at radius 3 is 2.06 bits per heavy atom. The van der Waals surface area contributed by atoms with Crippen LogP contribution >= 0.6 is 0 Å². The number of benzene rings is 1. The lowest BCUT2D eigenvalue weighted by molar-refractivity contribution is 0.198. The van der Waals surface area contributed by atoms with E-state index in [1.807, 2.05) is 0 Å². The van der Waals surface area contributed by atoms with Gasteiger partial charge in [-0.05, 0) is 44.6 Å². The van der Waals surface area contributed by atoms with Gasteiger partial charge in [0.15, 0.2) is 0 Å². The summed E-state index contributed by atoms with van der Waals surface area (Å²) in [7, 11) is 4.13. The van der Waals surface area contributed by atoms with Gasteiger partial charge in [0.05, 0.1) is 0 Å². The highest BCUT2D eigenvalue weighted by molar-refractivity contribution is 5.28. The van der Waals surface area contributed by atoms with Gasteiger partial charge in [-0.2, -0.15) is 0 Å². The van der Waals surface area contributed by atoms with E-state index in [1.165, 1.54) is 5.56 Å². The number of ether oxygens (including phenoxy) is 1. The molecule has 1 aromatic carbocycles. The molecule has 2 heteroatoms. The van der Waals surface area contributed by atoms with Crippen LogP contribution in [0, 0.1) is 0 Å². The van der Waals surface area contributed by atoms with Crippen molar-refractivity contribution in [3.05, 3.63) is 29.8 Å². The molecule has 1 atom stereocenters. The minimum Gasteiger partial charge on any atom is -0.492 e. The van der Waals surface area contributed by atoms with E-state index in [2.05, 4.69) is 64.0 Å². The van der Waals surface area contributed by atoms with E-state index in [4.69, 9.17) is 4.74 Å². The van der Waals surface area contributed by atoms with Gasteiger partial charge in [0.1, 0.15) is 12.4 Å². The third kappa shape index (κ3) is 3.86. The molecule has 0 amide bonds. The smallest absolute Gasteiger partial charge is 0.119 e. The van der Waals surface area contributed by atoms with Crippen LogP contribution in [0.1, 0.15) is 32.3 Å². The standard InChI is InChI=1S/C14H23NO/c1-11(2)13-6-8-14(9-7-13)16-10-12(3)15(4)5/h6-9,11-12H,10H2,1-5H3/t12-/m0/s1. The van der Waals surface area contributed by atoms with Gasteiger partial charge in [0, 0.05) is 6.04 Å². The lowest BCUT2D eigenvalue weighted by atomic mass is 10.0. The Labute approximate surface area is 99.2 Å². The van der Waals surface area contributed by atoms with E-state index in [-0.39, 0.29) is 0 Å². The molecule has 0 saturated carbocycles. The van der Waals surface area contributed by atoms with Crippen molar-refractivity contribution < 1.29 is 4.74 Å². The highest BCUT2D eigenvalue weighted by Gasteiger charge is 2.05. The molecule has 0 aromatic heterocycles. The number of hydrogen-bond acceptors (Lipinski definition) is 2. The number of likely N-dealkylation sites (N-methyl/N-ethyl adjacent to an activating group) is 1. The van der Waals surface area contributed by atoms with Crippen molar-refractivity contribution in [1.82, 2.24) is 4.90 Å². The van der Waals surface area contributed by atoms with E-state index in [0.717, 1.165) is 12.4 Å². The largest absolute Gasteiger partial charge is 0.492 e. The maximum atomic E-state index is 5.72. The van der Waals surface area contributed by atoms with Crippen LogP contribution < -0.4 is 4.74 Å². The van der Waals surface area contributed by atoms with E-state index in [0.29, 0.717) is 12.0 Å². The molecular weight excluding hydrogens is 198 g/mol. The summed E-state index contributed by atoms with van der Waals surface area (Å²) in [5, 5.41) is 0. The average Bonchev–Trinajstić information content (AvgIpc) is 2.26. The van der Waals surface area contributed by atoms with Crippen molar-refractivity contribution in [2.75, 3.05) is 20.7 Å². The predicted molar refractivity (Wildman–Crippen MR) is 69.2 cm³/mol. The Morgan fingerprint density at radius 2 is 1.62 bits per heavy atom. The second-order valence-corrected chi connectivity index (χ2v) is 4.85. The molecule has 0 aliphatic carbocycles. The Kier molecular flexibility index (Phi) is 4.81. The first-order chi connectivity index (χ1) is 7.50. The van der Waals surface area contributed by atoms with Crippen LogP contribution in [-0.2, 0) is 0 Å². The molecule has 16 heavy (non-hydrogen) atoms. The van der Waals surface area contributed by atoms with Crippen molar-refractivity contribution in [2.45, 2.75) is 32.7 Å². The minimum absolute atomic E-state index is 0.435. The first kappa shape index (κ1) is 13.0. The number of nitrogens with zero attached hydrogens (tertiary/aromatic N) is 1. The SMILES string of the molecule is CC(C)c1ccc(OC[C@H](C)N(C)C)cc1. The van der Waals surface area contributed by atoms with Gasteiger partial charge in [-0.25, -0.2) is 0 Å². The fourth-order valence-corrected chi connectivity index (χ4v) is 1.31. The molecule has 2 nitrogen and oxygen atoms in total. The summed E-state index contributed by atoms with van der Waals surface area (Å²) in [6, 6.07) is 8.82. The predicted octanol–water partition coefficient (Wildman–Crippen LogP) is 3.14. The lowest BCUT2D eigenvalue weighted by Crippen LogP contribution is -2.30. The Bertz CT molecular complexity index is 303. The first-order valence-corrected chi connectivity index (χ1v) is 5.90. The first-order valence-electron chi connectivity index (χ1n) is 5.90. The molecule has 0 bridgehead atoms. The Morgan fingerprint density at radius 1 is 1.06 bits per heavy atom. The van der Waals surface area contributed by atoms with Gasteiger partial charge in [0.25, 0.3) is 0 Å². The number of rotatable bonds is 5. The van der Waals surface area contributed by atoms with Crippen molar-refractivity contribution >= 4 is 0 Å². The van der Waals surface area contributed by atoms with Gasteiger partial charge in [-0.1, -0.05) is 26.0 Å². The molecule has 0 aliphatic heterocycles. The summed E-state index contributed by atoms with van der Waals surface area (Å²) in [4.78, 5) is 2.16. The summed E-state index contributed by atoms with van der Waals surface area (Å²) in [6.07, 6.45) is 0. The molecule has 90 valence electrons. The number of hydrogen-bond donors (Lipinski definition) is 0. The zero-order chi connectivity index (χ0) is 12.1. The van der Waals surface area contributed by atoms with Crippen LogP contribution in [0.5, 0.6) is 5.75 Å². The zero-order valence-corrected chi connectivity index (χ0v) is 11.0. The van der Waals surface area contributed by atoms with Crippen LogP contribution in [0.15, 0.2) is 24.3 Å². The fourth-order valence-electron chi connectivity index (χ4n) is 1.31. The molecule has 0 N–H and O–H groups in total. The second kappa shape index (κ2) is 5.90. The van der Waals surface area contributed by atoms with Crippen LogP contribution in [0.25, 0.3) is 0 Å². The third-order valence-electron chi connectivity index (χ3n) is 2.92. The van der Waals surface area contributed by atoms with Crippen LogP contribution in [0.4, 0.5) is 0 Å². The summed E-state index contributed by atoms with van der Waals surface area (Å²) in [5.41, 5.74) is 1.35. The summed E-state index contributed by atoms with van der Waals surface area (Å²) in [6.45, 7) is 7.28. The molecule has 0 spiro atoms. The topological polar surface area (TPSA) is 12.5 Å². The zero-order valence-electron chi connectivity index (χ0n) is 11.0. The lowest BCUT2D eigenvalue weighted by Gasteiger charge is -2.20. The highest BCUT2D eigenvalue weighted by atomic mass is 16.5. The fraction of sp³-hybridized carbons (Fsp3) is 0.571. The van der Waals surface area contributed by atoms with E-state index in [9.17, 15) is 0 Å². The van der Waals surface area contributed by atoms with Gasteiger partial charge >= 0.3 is 0 Å². The van der Waals surface area contributed by atoms with Gasteiger partial charge in [-0.3, -0.25) is 0 Å². The maximum Gasteiger partial charge on any atom is 0.119 e. The molecule has 0 radical (unpaired) electrons. The maximum absolute atomic E-state index is 5.72. The molecular formula is C14H23NO. The van der Waals surface area contributed by atoms with Crippen molar-refractivity contribution in [2.24, 2.45) is 0 Å². The van der Waals surface area contributed by atoms with Gasteiger partial charge in [0.2, 0.25) is 0 Å². The Balaban J connectivity index is 2.49. The molecule has 0 heterocycles. The molecule has 1 aromatic rings.